The Kier molecular flexibility index (Phi) is 5.95. The molecule has 8 heteroatoms. The van der Waals surface area contributed by atoms with Crippen molar-refractivity contribution >= 4 is 17.5 Å². The second kappa shape index (κ2) is 7.76. The number of nitrogens with one attached hydrogen (secondary N) is 2. The summed E-state index contributed by atoms with van der Waals surface area (Å²) >= 11 is 0. The highest BCUT2D eigenvalue weighted by Gasteiger charge is 2.28. The number of likely N-dealkylation sites (N-methyl/N-ethyl adjacent to an activating group) is 2. The fraction of sp³-hybridized carbons (Fsp3) is 0.688. The van der Waals surface area contributed by atoms with Crippen molar-refractivity contribution in [2.75, 3.05) is 58.0 Å². The molecule has 2 amide bonds. The first-order valence-electron chi connectivity index (χ1n) is 8.26. The molecule has 1 aromatic rings. The molecule has 2 atom stereocenters. The first kappa shape index (κ1) is 18.4. The molecule has 1 aromatic heterocycles. The summed E-state index contributed by atoms with van der Waals surface area (Å²) in [4.78, 5) is 18.8. The number of amides is 2. The van der Waals surface area contributed by atoms with Crippen molar-refractivity contribution in [1.82, 2.24) is 25.3 Å². The van der Waals surface area contributed by atoms with Crippen LogP contribution < -0.4 is 15.5 Å². The van der Waals surface area contributed by atoms with Crippen LogP contribution in [-0.2, 0) is 0 Å². The van der Waals surface area contributed by atoms with Crippen molar-refractivity contribution in [3.8, 4) is 0 Å². The van der Waals surface area contributed by atoms with Crippen LogP contribution in [0.1, 0.15) is 12.6 Å². The van der Waals surface area contributed by atoms with Gasteiger partial charge in [-0.3, -0.25) is 4.90 Å². The highest BCUT2D eigenvalue weighted by Crippen LogP contribution is 2.21. The molecule has 1 aliphatic heterocycles. The van der Waals surface area contributed by atoms with E-state index in [0.717, 1.165) is 25.3 Å². The summed E-state index contributed by atoms with van der Waals surface area (Å²) in [6.07, 6.45) is 0. The summed E-state index contributed by atoms with van der Waals surface area (Å²) in [5.74, 6) is 0.637. The summed E-state index contributed by atoms with van der Waals surface area (Å²) < 4.78 is 0. The predicted molar refractivity (Wildman–Crippen MR) is 96.6 cm³/mol. The lowest BCUT2D eigenvalue weighted by atomic mass is 10.1. The molecule has 0 spiro atoms. The number of hydrogen-bond donors (Lipinski definition) is 2. The van der Waals surface area contributed by atoms with Gasteiger partial charge in [0.05, 0.1) is 11.4 Å². The second-order valence-corrected chi connectivity index (χ2v) is 6.81. The third-order valence-electron chi connectivity index (χ3n) is 4.40. The topological polar surface area (TPSA) is 76.6 Å². The highest BCUT2D eigenvalue weighted by molar-refractivity contribution is 5.92. The molecular weight excluding hydrogens is 306 g/mol. The fourth-order valence-corrected chi connectivity index (χ4v) is 2.95. The molecule has 1 aliphatic rings. The molecule has 0 aliphatic carbocycles. The van der Waals surface area contributed by atoms with Gasteiger partial charge in [-0.15, -0.1) is 5.10 Å². The molecule has 2 heterocycles. The van der Waals surface area contributed by atoms with Gasteiger partial charge in [0.1, 0.15) is 0 Å². The van der Waals surface area contributed by atoms with Gasteiger partial charge >= 0.3 is 6.03 Å². The van der Waals surface area contributed by atoms with E-state index < -0.39 is 0 Å². The van der Waals surface area contributed by atoms with Crippen LogP contribution in [0.25, 0.3) is 0 Å². The van der Waals surface area contributed by atoms with Crippen LogP contribution in [0.5, 0.6) is 0 Å². The van der Waals surface area contributed by atoms with E-state index in [1.165, 1.54) is 0 Å². The van der Waals surface area contributed by atoms with Crippen molar-refractivity contribution in [2.24, 2.45) is 0 Å². The summed E-state index contributed by atoms with van der Waals surface area (Å²) in [5, 5.41) is 14.1. The SMILES string of the molecule is Cc1cc(NC(=O)NC(C)C2CN(C)CCN2C)c(N(C)C)nn1. The fourth-order valence-electron chi connectivity index (χ4n) is 2.95. The van der Waals surface area contributed by atoms with E-state index in [-0.39, 0.29) is 12.1 Å². The van der Waals surface area contributed by atoms with Crippen LogP contribution in [-0.4, -0.2) is 85.9 Å². The number of hydrogen-bond acceptors (Lipinski definition) is 6. The Hall–Kier alpha value is -1.93. The van der Waals surface area contributed by atoms with E-state index in [1.54, 1.807) is 0 Å². The van der Waals surface area contributed by atoms with Crippen LogP contribution in [0.15, 0.2) is 6.07 Å². The molecule has 134 valence electrons. The van der Waals surface area contributed by atoms with Gasteiger partial charge in [0.15, 0.2) is 5.82 Å². The van der Waals surface area contributed by atoms with Gasteiger partial charge in [-0.1, -0.05) is 0 Å². The molecule has 0 bridgehead atoms. The van der Waals surface area contributed by atoms with E-state index in [4.69, 9.17) is 0 Å². The third kappa shape index (κ3) is 4.55. The zero-order chi connectivity index (χ0) is 17.9. The van der Waals surface area contributed by atoms with Crippen LogP contribution in [0.2, 0.25) is 0 Å². The minimum Gasteiger partial charge on any atom is -0.360 e. The third-order valence-corrected chi connectivity index (χ3v) is 4.40. The maximum atomic E-state index is 12.4. The van der Waals surface area contributed by atoms with Crippen LogP contribution in [0.4, 0.5) is 16.3 Å². The van der Waals surface area contributed by atoms with E-state index >= 15 is 0 Å². The average molecular weight is 335 g/mol. The standard InChI is InChI=1S/C16H29N7O/c1-11-9-13(15(20-19-11)21(3)4)18-16(24)17-12(2)14-10-22(5)7-8-23(14)6/h9,12,14H,7-8,10H2,1-6H3,(H2,17,18,19,24). The van der Waals surface area contributed by atoms with Gasteiger partial charge in [0, 0.05) is 45.8 Å². The first-order valence-corrected chi connectivity index (χ1v) is 8.26. The van der Waals surface area contributed by atoms with Crippen molar-refractivity contribution < 1.29 is 4.79 Å². The normalized spacial score (nSPS) is 20.5. The predicted octanol–water partition coefficient (Wildman–Crippen LogP) is 0.607. The Bertz CT molecular complexity index is 578. The molecular formula is C16H29N7O. The molecule has 2 unspecified atom stereocenters. The van der Waals surface area contributed by atoms with E-state index in [1.807, 2.05) is 38.9 Å². The van der Waals surface area contributed by atoms with Crippen molar-refractivity contribution in [1.29, 1.82) is 0 Å². The number of rotatable bonds is 4. The number of aryl methyl sites for hydroxylation is 1. The minimum absolute atomic E-state index is 0.0384. The zero-order valence-electron chi connectivity index (χ0n) is 15.5. The van der Waals surface area contributed by atoms with Gasteiger partial charge in [0.25, 0.3) is 0 Å². The summed E-state index contributed by atoms with van der Waals surface area (Å²) in [6, 6.07) is 1.93. The zero-order valence-corrected chi connectivity index (χ0v) is 15.5. The van der Waals surface area contributed by atoms with Crippen molar-refractivity contribution in [3.05, 3.63) is 11.8 Å². The van der Waals surface area contributed by atoms with Crippen molar-refractivity contribution in [2.45, 2.75) is 25.9 Å². The Morgan fingerprint density at radius 3 is 2.71 bits per heavy atom. The minimum atomic E-state index is -0.223. The van der Waals surface area contributed by atoms with Gasteiger partial charge < -0.3 is 20.4 Å². The number of urea groups is 1. The molecule has 1 saturated heterocycles. The average Bonchev–Trinajstić information content (AvgIpc) is 2.49. The first-order chi connectivity index (χ1) is 11.3. The van der Waals surface area contributed by atoms with Crippen LogP contribution >= 0.6 is 0 Å². The number of anilines is 2. The van der Waals surface area contributed by atoms with E-state index in [0.29, 0.717) is 17.5 Å². The maximum Gasteiger partial charge on any atom is 0.319 e. The molecule has 1 fully saturated rings. The number of aromatic nitrogens is 2. The number of carbonyl (C=O) groups excluding carboxylic acids is 1. The summed E-state index contributed by atoms with van der Waals surface area (Å²) in [6.45, 7) is 6.90. The quantitative estimate of drug-likeness (QED) is 0.839. The monoisotopic (exact) mass is 335 g/mol. The Morgan fingerprint density at radius 2 is 2.04 bits per heavy atom. The molecule has 0 radical (unpaired) electrons. The molecule has 8 nitrogen and oxygen atoms in total. The molecule has 2 N–H and O–H groups in total. The molecule has 0 saturated carbocycles. The van der Waals surface area contributed by atoms with Gasteiger partial charge in [-0.2, -0.15) is 5.10 Å². The lowest BCUT2D eigenvalue weighted by molar-refractivity contribution is 0.0946. The molecule has 2 rings (SSSR count). The lowest BCUT2D eigenvalue weighted by Crippen LogP contribution is -2.58. The van der Waals surface area contributed by atoms with Gasteiger partial charge in [-0.05, 0) is 34.0 Å². The second-order valence-electron chi connectivity index (χ2n) is 6.81. The Morgan fingerprint density at radius 1 is 1.33 bits per heavy atom. The van der Waals surface area contributed by atoms with Crippen LogP contribution in [0, 0.1) is 6.92 Å². The van der Waals surface area contributed by atoms with Gasteiger partial charge in [0.2, 0.25) is 0 Å². The highest BCUT2D eigenvalue weighted by atomic mass is 16.2. The largest absolute Gasteiger partial charge is 0.360 e. The summed E-state index contributed by atoms with van der Waals surface area (Å²) in [7, 11) is 7.96. The Labute approximate surface area is 144 Å². The molecule has 24 heavy (non-hydrogen) atoms. The molecule has 0 aromatic carbocycles. The van der Waals surface area contributed by atoms with Crippen molar-refractivity contribution in [3.63, 3.8) is 0 Å². The number of carbonyl (C=O) groups is 1. The van der Waals surface area contributed by atoms with E-state index in [2.05, 4.69) is 44.7 Å². The summed E-state index contributed by atoms with van der Waals surface area (Å²) in [5.41, 5.74) is 1.42. The van der Waals surface area contributed by atoms with Crippen LogP contribution in [0.3, 0.4) is 0 Å². The van der Waals surface area contributed by atoms with E-state index in [9.17, 15) is 4.79 Å². The smallest absolute Gasteiger partial charge is 0.319 e. The number of piperazine rings is 1. The Balaban J connectivity index is 2.01. The maximum absolute atomic E-state index is 12.4. The number of nitrogens with zero attached hydrogens (tertiary/aromatic N) is 5. The lowest BCUT2D eigenvalue weighted by Gasteiger charge is -2.40. The van der Waals surface area contributed by atoms with Gasteiger partial charge in [-0.25, -0.2) is 4.79 Å².